The molecular weight excluding hydrogens is 436 g/mol. The molecular formula is C25H26N4O3S. The van der Waals surface area contributed by atoms with Gasteiger partial charge in [0.2, 0.25) is 15.9 Å². The number of piperazine rings is 1. The van der Waals surface area contributed by atoms with Crippen LogP contribution < -0.4 is 4.72 Å². The monoisotopic (exact) mass is 462 g/mol. The van der Waals surface area contributed by atoms with Crippen LogP contribution in [0.4, 0.5) is 0 Å². The van der Waals surface area contributed by atoms with Gasteiger partial charge in [-0.3, -0.25) is 9.69 Å². The van der Waals surface area contributed by atoms with E-state index in [1.165, 1.54) is 0 Å². The zero-order chi connectivity index (χ0) is 23.3. The Balaban J connectivity index is 1.24. The highest BCUT2D eigenvalue weighted by Gasteiger charge is 2.22. The molecule has 0 unspecified atom stereocenters. The van der Waals surface area contributed by atoms with Crippen molar-refractivity contribution in [1.82, 2.24) is 14.5 Å². The number of nitrogens with zero attached hydrogens (tertiary/aromatic N) is 3. The van der Waals surface area contributed by atoms with Crippen LogP contribution >= 0.6 is 0 Å². The standard InChI is InChI=1S/C25H26N4O3S/c26-18-20-5-7-21(8-6-20)19-28-13-15-29(16-14-28)25(30)11-12-27-33(31,32)24-10-9-22-3-1-2-4-23(22)17-24/h1-10,17,27H,11-16,19H2. The molecule has 1 amide bonds. The van der Waals surface area contributed by atoms with Crippen LogP contribution in [-0.4, -0.2) is 56.8 Å². The highest BCUT2D eigenvalue weighted by atomic mass is 32.2. The van der Waals surface area contributed by atoms with Crippen LogP contribution in [0.25, 0.3) is 10.8 Å². The fraction of sp³-hybridized carbons (Fsp3) is 0.280. The van der Waals surface area contributed by atoms with Gasteiger partial charge in [0.05, 0.1) is 16.5 Å². The number of hydrogen-bond donors (Lipinski definition) is 1. The SMILES string of the molecule is N#Cc1ccc(CN2CCN(C(=O)CCNS(=O)(=O)c3ccc4ccccc4c3)CC2)cc1. The second kappa shape index (κ2) is 10.1. The van der Waals surface area contributed by atoms with Crippen LogP contribution in [0, 0.1) is 11.3 Å². The molecule has 0 saturated carbocycles. The maximum Gasteiger partial charge on any atom is 0.240 e. The Morgan fingerprint density at radius 3 is 2.33 bits per heavy atom. The lowest BCUT2D eigenvalue weighted by molar-refractivity contribution is -0.132. The molecule has 3 aromatic rings. The van der Waals surface area contributed by atoms with Crippen LogP contribution in [0.3, 0.4) is 0 Å². The van der Waals surface area contributed by atoms with E-state index in [0.29, 0.717) is 18.7 Å². The molecule has 8 heteroatoms. The molecule has 170 valence electrons. The molecule has 33 heavy (non-hydrogen) atoms. The average molecular weight is 463 g/mol. The van der Waals surface area contributed by atoms with Crippen molar-refractivity contribution in [2.24, 2.45) is 0 Å². The number of amides is 1. The Labute approximate surface area is 194 Å². The molecule has 0 radical (unpaired) electrons. The predicted molar refractivity (Wildman–Crippen MR) is 127 cm³/mol. The van der Waals surface area contributed by atoms with E-state index >= 15 is 0 Å². The molecule has 0 bridgehead atoms. The minimum atomic E-state index is -3.68. The van der Waals surface area contributed by atoms with Gasteiger partial charge in [-0.25, -0.2) is 13.1 Å². The van der Waals surface area contributed by atoms with E-state index in [-0.39, 0.29) is 23.8 Å². The lowest BCUT2D eigenvalue weighted by Crippen LogP contribution is -2.48. The molecule has 3 aromatic carbocycles. The number of benzene rings is 3. The maximum absolute atomic E-state index is 12.6. The molecule has 4 rings (SSSR count). The third kappa shape index (κ3) is 5.76. The van der Waals surface area contributed by atoms with E-state index < -0.39 is 10.0 Å². The van der Waals surface area contributed by atoms with Gasteiger partial charge in [-0.05, 0) is 40.6 Å². The van der Waals surface area contributed by atoms with E-state index in [4.69, 9.17) is 5.26 Å². The lowest BCUT2D eigenvalue weighted by Gasteiger charge is -2.34. The zero-order valence-electron chi connectivity index (χ0n) is 18.3. The van der Waals surface area contributed by atoms with Gasteiger partial charge in [0.15, 0.2) is 0 Å². The van der Waals surface area contributed by atoms with Crippen molar-refractivity contribution < 1.29 is 13.2 Å². The van der Waals surface area contributed by atoms with Gasteiger partial charge in [0.25, 0.3) is 0 Å². The lowest BCUT2D eigenvalue weighted by atomic mass is 10.1. The molecule has 0 aromatic heterocycles. The van der Waals surface area contributed by atoms with Crippen molar-refractivity contribution in [1.29, 1.82) is 5.26 Å². The number of carbonyl (C=O) groups is 1. The number of carbonyl (C=O) groups excluding carboxylic acids is 1. The van der Waals surface area contributed by atoms with Crippen molar-refractivity contribution in [3.63, 3.8) is 0 Å². The highest BCUT2D eigenvalue weighted by molar-refractivity contribution is 7.89. The molecule has 0 atom stereocenters. The number of rotatable bonds is 7. The zero-order valence-corrected chi connectivity index (χ0v) is 19.1. The Morgan fingerprint density at radius 1 is 0.939 bits per heavy atom. The molecule has 7 nitrogen and oxygen atoms in total. The quantitative estimate of drug-likeness (QED) is 0.583. The van der Waals surface area contributed by atoms with Crippen molar-refractivity contribution in [2.75, 3.05) is 32.7 Å². The van der Waals surface area contributed by atoms with Gasteiger partial charge in [0, 0.05) is 45.7 Å². The van der Waals surface area contributed by atoms with Crippen LogP contribution in [-0.2, 0) is 21.4 Å². The molecule has 1 heterocycles. The van der Waals surface area contributed by atoms with Crippen LogP contribution in [0.5, 0.6) is 0 Å². The second-order valence-corrected chi connectivity index (χ2v) is 9.89. The van der Waals surface area contributed by atoms with Crippen molar-refractivity contribution in [3.8, 4) is 6.07 Å². The summed E-state index contributed by atoms with van der Waals surface area (Å²) in [5.74, 6) is -0.0470. The summed E-state index contributed by atoms with van der Waals surface area (Å²) in [5, 5.41) is 10.7. The Morgan fingerprint density at radius 2 is 1.64 bits per heavy atom. The third-order valence-electron chi connectivity index (χ3n) is 5.88. The first-order valence-electron chi connectivity index (χ1n) is 10.9. The summed E-state index contributed by atoms with van der Waals surface area (Å²) in [5.41, 5.74) is 1.78. The Hall–Kier alpha value is -3.25. The molecule has 1 saturated heterocycles. The van der Waals surface area contributed by atoms with Crippen LogP contribution in [0.15, 0.2) is 71.6 Å². The largest absolute Gasteiger partial charge is 0.340 e. The molecule has 0 aliphatic carbocycles. The minimum Gasteiger partial charge on any atom is -0.340 e. The molecule has 1 aliphatic heterocycles. The van der Waals surface area contributed by atoms with E-state index in [2.05, 4.69) is 15.7 Å². The first-order chi connectivity index (χ1) is 15.9. The summed E-state index contributed by atoms with van der Waals surface area (Å²) < 4.78 is 27.8. The first-order valence-corrected chi connectivity index (χ1v) is 12.4. The van der Waals surface area contributed by atoms with Gasteiger partial charge in [-0.15, -0.1) is 0 Å². The number of fused-ring (bicyclic) bond motifs is 1. The van der Waals surface area contributed by atoms with E-state index in [9.17, 15) is 13.2 Å². The Kier molecular flexibility index (Phi) is 7.04. The van der Waals surface area contributed by atoms with Gasteiger partial charge < -0.3 is 4.90 Å². The van der Waals surface area contributed by atoms with Gasteiger partial charge in [-0.1, -0.05) is 42.5 Å². The van der Waals surface area contributed by atoms with Gasteiger partial charge in [0.1, 0.15) is 0 Å². The average Bonchev–Trinajstić information content (AvgIpc) is 2.84. The second-order valence-electron chi connectivity index (χ2n) is 8.12. The normalized spacial score (nSPS) is 14.8. The van der Waals surface area contributed by atoms with Gasteiger partial charge >= 0.3 is 0 Å². The number of nitriles is 1. The van der Waals surface area contributed by atoms with Gasteiger partial charge in [-0.2, -0.15) is 5.26 Å². The fourth-order valence-corrected chi connectivity index (χ4v) is 5.03. The van der Waals surface area contributed by atoms with E-state index in [1.54, 1.807) is 23.1 Å². The summed E-state index contributed by atoms with van der Waals surface area (Å²) in [6, 6.07) is 22.3. The summed E-state index contributed by atoms with van der Waals surface area (Å²) in [6.45, 7) is 3.60. The molecule has 1 fully saturated rings. The minimum absolute atomic E-state index is 0.0470. The van der Waals surface area contributed by atoms with Crippen molar-refractivity contribution in [3.05, 3.63) is 77.9 Å². The van der Waals surface area contributed by atoms with Crippen LogP contribution in [0.2, 0.25) is 0 Å². The Bertz CT molecular complexity index is 1270. The first kappa shape index (κ1) is 22.9. The summed E-state index contributed by atoms with van der Waals surface area (Å²) >= 11 is 0. The number of nitrogens with one attached hydrogen (secondary N) is 1. The summed E-state index contributed by atoms with van der Waals surface area (Å²) in [4.78, 5) is 16.8. The number of hydrogen-bond acceptors (Lipinski definition) is 5. The van der Waals surface area contributed by atoms with Crippen LogP contribution in [0.1, 0.15) is 17.5 Å². The van der Waals surface area contributed by atoms with E-state index in [1.807, 2.05) is 48.5 Å². The smallest absolute Gasteiger partial charge is 0.240 e. The summed E-state index contributed by atoms with van der Waals surface area (Å²) in [7, 11) is -3.68. The maximum atomic E-state index is 12.6. The van der Waals surface area contributed by atoms with Crippen molar-refractivity contribution >= 4 is 26.7 Å². The molecule has 1 N–H and O–H groups in total. The predicted octanol–water partition coefficient (Wildman–Crippen LogP) is 2.72. The third-order valence-corrected chi connectivity index (χ3v) is 7.34. The van der Waals surface area contributed by atoms with Crippen molar-refractivity contribution in [2.45, 2.75) is 17.9 Å². The summed E-state index contributed by atoms with van der Waals surface area (Å²) in [6.07, 6.45) is 0.127. The van der Waals surface area contributed by atoms with E-state index in [0.717, 1.165) is 36.0 Å². The number of sulfonamides is 1. The topological polar surface area (TPSA) is 93.5 Å². The highest BCUT2D eigenvalue weighted by Crippen LogP contribution is 2.19. The molecule has 1 aliphatic rings. The fourth-order valence-electron chi connectivity index (χ4n) is 3.97. The molecule has 0 spiro atoms.